The van der Waals surface area contributed by atoms with Crippen LogP contribution in [0.15, 0.2) is 18.3 Å². The Hall–Kier alpha value is -1.70. The van der Waals surface area contributed by atoms with Gasteiger partial charge in [-0.25, -0.2) is 13.8 Å². The lowest BCUT2D eigenvalue weighted by molar-refractivity contribution is -0.0220. The van der Waals surface area contributed by atoms with Gasteiger partial charge in [0.2, 0.25) is 0 Å². The van der Waals surface area contributed by atoms with Gasteiger partial charge in [0.25, 0.3) is 5.92 Å². The molecule has 0 atom stereocenters. The number of anilines is 1. The van der Waals surface area contributed by atoms with E-state index in [4.69, 9.17) is 5.26 Å². The second-order valence-electron chi connectivity index (χ2n) is 3.83. The van der Waals surface area contributed by atoms with Gasteiger partial charge in [0.05, 0.1) is 5.69 Å². The van der Waals surface area contributed by atoms with Crippen LogP contribution in [-0.2, 0) is 0 Å². The molecule has 0 aliphatic carbocycles. The smallest absolute Gasteiger partial charge is 0.251 e. The number of hydrogen-bond donors (Lipinski definition) is 0. The molecule has 5 heteroatoms. The second-order valence-corrected chi connectivity index (χ2v) is 3.83. The van der Waals surface area contributed by atoms with Crippen molar-refractivity contribution in [3.8, 4) is 6.07 Å². The van der Waals surface area contributed by atoms with Crippen LogP contribution in [0, 0.1) is 11.3 Å². The largest absolute Gasteiger partial charge is 0.369 e. The van der Waals surface area contributed by atoms with Crippen LogP contribution < -0.4 is 4.90 Å². The van der Waals surface area contributed by atoms with Crippen molar-refractivity contribution in [2.75, 3.05) is 18.0 Å². The van der Waals surface area contributed by atoms with Crippen LogP contribution in [-0.4, -0.2) is 24.0 Å². The van der Waals surface area contributed by atoms with Crippen molar-refractivity contribution in [2.45, 2.75) is 18.8 Å². The summed E-state index contributed by atoms with van der Waals surface area (Å²) in [5, 5.41) is 8.86. The van der Waals surface area contributed by atoms with Gasteiger partial charge < -0.3 is 4.90 Å². The summed E-state index contributed by atoms with van der Waals surface area (Å²) in [4.78, 5) is 5.71. The van der Waals surface area contributed by atoms with Crippen LogP contribution in [0.1, 0.15) is 18.5 Å². The first kappa shape index (κ1) is 10.8. The minimum atomic E-state index is -2.56. The van der Waals surface area contributed by atoms with Crippen molar-refractivity contribution in [2.24, 2.45) is 0 Å². The topological polar surface area (TPSA) is 39.9 Å². The van der Waals surface area contributed by atoms with E-state index >= 15 is 0 Å². The second kappa shape index (κ2) is 4.05. The summed E-state index contributed by atoms with van der Waals surface area (Å²) in [5.41, 5.74) is 0.952. The number of nitriles is 1. The number of rotatable bonds is 1. The number of nitrogens with zero attached hydrogens (tertiary/aromatic N) is 3. The predicted molar refractivity (Wildman–Crippen MR) is 55.3 cm³/mol. The van der Waals surface area contributed by atoms with E-state index < -0.39 is 5.92 Å². The van der Waals surface area contributed by atoms with Gasteiger partial charge in [0, 0.05) is 32.1 Å². The van der Waals surface area contributed by atoms with Crippen molar-refractivity contribution in [1.82, 2.24) is 4.98 Å². The quantitative estimate of drug-likeness (QED) is 0.732. The van der Waals surface area contributed by atoms with E-state index in [-0.39, 0.29) is 25.9 Å². The molecule has 2 heterocycles. The Balaban J connectivity index is 2.18. The van der Waals surface area contributed by atoms with Crippen molar-refractivity contribution < 1.29 is 8.78 Å². The lowest BCUT2D eigenvalue weighted by Gasteiger charge is -2.33. The molecule has 0 unspecified atom stereocenters. The first-order chi connectivity index (χ1) is 7.62. The van der Waals surface area contributed by atoms with Gasteiger partial charge in [-0.05, 0) is 12.1 Å². The highest BCUT2D eigenvalue weighted by atomic mass is 19.3. The van der Waals surface area contributed by atoms with Gasteiger partial charge in [-0.2, -0.15) is 5.26 Å². The fraction of sp³-hybridized carbons (Fsp3) is 0.455. The van der Waals surface area contributed by atoms with Crippen molar-refractivity contribution >= 4 is 5.69 Å². The molecule has 1 saturated heterocycles. The van der Waals surface area contributed by atoms with Crippen molar-refractivity contribution in [3.63, 3.8) is 0 Å². The van der Waals surface area contributed by atoms with E-state index in [1.54, 1.807) is 17.0 Å². The first-order valence-corrected chi connectivity index (χ1v) is 5.10. The number of alkyl halides is 2. The first-order valence-electron chi connectivity index (χ1n) is 5.10. The molecule has 1 aromatic heterocycles. The molecule has 1 aliphatic heterocycles. The summed E-state index contributed by atoms with van der Waals surface area (Å²) in [6.07, 6.45) is 1.21. The highest BCUT2D eigenvalue weighted by molar-refractivity contribution is 5.55. The normalized spacial score (nSPS) is 19.2. The fourth-order valence-corrected chi connectivity index (χ4v) is 1.81. The molecule has 0 aromatic carbocycles. The van der Waals surface area contributed by atoms with Gasteiger partial charge in [0.15, 0.2) is 5.69 Å². The van der Waals surface area contributed by atoms with Crippen LogP contribution in [0.5, 0.6) is 0 Å². The standard InChI is InChI=1S/C11H11F2N3/c12-11(13)3-6-16(7-4-11)10-2-1-5-15-9(10)8-14/h1-2,5H,3-4,6-7H2. The van der Waals surface area contributed by atoms with Gasteiger partial charge in [0.1, 0.15) is 6.07 Å². The van der Waals surface area contributed by atoms with Crippen LogP contribution >= 0.6 is 0 Å². The van der Waals surface area contributed by atoms with Gasteiger partial charge in [-0.1, -0.05) is 0 Å². The highest BCUT2D eigenvalue weighted by Crippen LogP contribution is 2.31. The molecule has 84 valence electrons. The zero-order valence-electron chi connectivity index (χ0n) is 8.66. The van der Waals surface area contributed by atoms with E-state index in [0.29, 0.717) is 11.4 Å². The summed E-state index contributed by atoms with van der Waals surface area (Å²) in [6.45, 7) is 0.542. The maximum absolute atomic E-state index is 13.0. The van der Waals surface area contributed by atoms with Gasteiger partial charge >= 0.3 is 0 Å². The van der Waals surface area contributed by atoms with Crippen molar-refractivity contribution in [1.29, 1.82) is 5.26 Å². The Morgan fingerprint density at radius 1 is 1.38 bits per heavy atom. The Morgan fingerprint density at radius 2 is 2.06 bits per heavy atom. The fourth-order valence-electron chi connectivity index (χ4n) is 1.81. The molecule has 3 nitrogen and oxygen atoms in total. The minimum absolute atomic E-state index is 0.160. The van der Waals surface area contributed by atoms with Crippen molar-refractivity contribution in [3.05, 3.63) is 24.0 Å². The molecule has 0 radical (unpaired) electrons. The zero-order chi connectivity index (χ0) is 11.6. The van der Waals surface area contributed by atoms with Crippen LogP contribution in [0.2, 0.25) is 0 Å². The Kier molecular flexibility index (Phi) is 2.73. The Labute approximate surface area is 92.3 Å². The number of pyridine rings is 1. The molecule has 1 fully saturated rings. The molecule has 0 spiro atoms. The number of hydrogen-bond acceptors (Lipinski definition) is 3. The third-order valence-corrected chi connectivity index (χ3v) is 2.73. The Morgan fingerprint density at radius 3 is 2.69 bits per heavy atom. The van der Waals surface area contributed by atoms with E-state index in [0.717, 1.165) is 0 Å². The average molecular weight is 223 g/mol. The average Bonchev–Trinajstić information content (AvgIpc) is 2.29. The third-order valence-electron chi connectivity index (χ3n) is 2.73. The molecule has 0 bridgehead atoms. The van der Waals surface area contributed by atoms with Gasteiger partial charge in [-0.15, -0.1) is 0 Å². The third kappa shape index (κ3) is 2.11. The number of aromatic nitrogens is 1. The SMILES string of the molecule is N#Cc1ncccc1N1CCC(F)(F)CC1. The molecular formula is C11H11F2N3. The number of halogens is 2. The molecule has 16 heavy (non-hydrogen) atoms. The molecule has 1 aromatic rings. The molecule has 0 saturated carbocycles. The highest BCUT2D eigenvalue weighted by Gasteiger charge is 2.34. The summed E-state index contributed by atoms with van der Waals surface area (Å²) in [7, 11) is 0. The molecule has 1 aliphatic rings. The molecular weight excluding hydrogens is 212 g/mol. The predicted octanol–water partition coefficient (Wildman–Crippen LogP) is 2.19. The van der Waals surface area contributed by atoms with Crippen LogP contribution in [0.25, 0.3) is 0 Å². The summed E-state index contributed by atoms with van der Waals surface area (Å²) in [6, 6.07) is 5.43. The lowest BCUT2D eigenvalue weighted by atomic mass is 10.1. The number of piperidine rings is 1. The minimum Gasteiger partial charge on any atom is -0.369 e. The monoisotopic (exact) mass is 223 g/mol. The van der Waals surface area contributed by atoms with E-state index in [9.17, 15) is 8.78 Å². The van der Waals surface area contributed by atoms with Crippen LogP contribution in [0.3, 0.4) is 0 Å². The van der Waals surface area contributed by atoms with E-state index in [2.05, 4.69) is 4.98 Å². The van der Waals surface area contributed by atoms with E-state index in [1.165, 1.54) is 6.20 Å². The van der Waals surface area contributed by atoms with Gasteiger partial charge in [-0.3, -0.25) is 0 Å². The van der Waals surface area contributed by atoms with Crippen LogP contribution in [0.4, 0.5) is 14.5 Å². The zero-order valence-corrected chi connectivity index (χ0v) is 8.66. The summed E-state index contributed by atoms with van der Waals surface area (Å²) >= 11 is 0. The molecule has 0 amide bonds. The molecule has 0 N–H and O–H groups in total. The summed E-state index contributed by atoms with van der Waals surface area (Å²) in [5.74, 6) is -2.56. The summed E-state index contributed by atoms with van der Waals surface area (Å²) < 4.78 is 25.9. The Bertz CT molecular complexity index is 415. The maximum Gasteiger partial charge on any atom is 0.251 e. The molecule has 2 rings (SSSR count). The maximum atomic E-state index is 13.0. The lowest BCUT2D eigenvalue weighted by Crippen LogP contribution is -2.39. The van der Waals surface area contributed by atoms with E-state index in [1.807, 2.05) is 6.07 Å².